The SMILES string of the molecule is CC(C)COc1cccc(C2/C(=C(/O)c3ccc4c(c3)CCO4)C(=O)C(=O)N2Cc2ccccn2)c1. The molecule has 1 amide bonds. The molecule has 5 rings (SSSR count). The first-order valence-corrected chi connectivity index (χ1v) is 12.1. The van der Waals surface area contributed by atoms with E-state index in [2.05, 4.69) is 18.8 Å². The van der Waals surface area contributed by atoms with Gasteiger partial charge in [-0.2, -0.15) is 0 Å². The second-order valence-electron chi connectivity index (χ2n) is 9.45. The number of hydrogen-bond acceptors (Lipinski definition) is 6. The minimum absolute atomic E-state index is 0.0517. The number of fused-ring (bicyclic) bond motifs is 1. The first-order valence-electron chi connectivity index (χ1n) is 12.1. The van der Waals surface area contributed by atoms with E-state index in [0.29, 0.717) is 41.7 Å². The van der Waals surface area contributed by atoms with Crippen molar-refractivity contribution in [3.63, 3.8) is 0 Å². The Kier molecular flexibility index (Phi) is 6.46. The number of ketones is 1. The molecule has 2 aromatic carbocycles. The van der Waals surface area contributed by atoms with Gasteiger partial charge in [0.2, 0.25) is 0 Å². The van der Waals surface area contributed by atoms with Crippen molar-refractivity contribution in [2.45, 2.75) is 32.9 Å². The number of aliphatic hydroxyl groups is 1. The maximum Gasteiger partial charge on any atom is 0.296 e. The second kappa shape index (κ2) is 9.85. The smallest absolute Gasteiger partial charge is 0.296 e. The van der Waals surface area contributed by atoms with Crippen LogP contribution in [0.5, 0.6) is 11.5 Å². The molecule has 1 fully saturated rings. The van der Waals surface area contributed by atoms with Gasteiger partial charge in [0.1, 0.15) is 17.3 Å². The molecule has 7 nitrogen and oxygen atoms in total. The Morgan fingerprint density at radius 1 is 1.14 bits per heavy atom. The lowest BCUT2D eigenvalue weighted by Crippen LogP contribution is -2.29. The van der Waals surface area contributed by atoms with Gasteiger partial charge in [0.05, 0.1) is 37.1 Å². The fraction of sp³-hybridized carbons (Fsp3) is 0.276. The van der Waals surface area contributed by atoms with E-state index in [1.54, 1.807) is 30.5 Å². The number of benzene rings is 2. The molecule has 1 saturated heterocycles. The molecular formula is C29H28N2O5. The molecule has 1 unspecified atom stereocenters. The summed E-state index contributed by atoms with van der Waals surface area (Å²) in [6, 6.07) is 17.3. The van der Waals surface area contributed by atoms with Gasteiger partial charge in [-0.1, -0.05) is 32.0 Å². The zero-order chi connectivity index (χ0) is 25.2. The number of aromatic nitrogens is 1. The zero-order valence-electron chi connectivity index (χ0n) is 20.3. The first kappa shape index (κ1) is 23.6. The summed E-state index contributed by atoms with van der Waals surface area (Å²) in [5, 5.41) is 11.4. The topological polar surface area (TPSA) is 89.0 Å². The van der Waals surface area contributed by atoms with E-state index < -0.39 is 17.7 Å². The van der Waals surface area contributed by atoms with Crippen molar-refractivity contribution in [3.05, 3.63) is 94.8 Å². The summed E-state index contributed by atoms with van der Waals surface area (Å²) in [6.07, 6.45) is 2.37. The average Bonchev–Trinajstić information content (AvgIpc) is 3.46. The summed E-state index contributed by atoms with van der Waals surface area (Å²) in [4.78, 5) is 32.4. The van der Waals surface area contributed by atoms with E-state index in [4.69, 9.17) is 9.47 Å². The van der Waals surface area contributed by atoms with Crippen LogP contribution in [0.3, 0.4) is 0 Å². The number of amides is 1. The van der Waals surface area contributed by atoms with Crippen LogP contribution in [-0.4, -0.2) is 39.9 Å². The van der Waals surface area contributed by atoms with Crippen molar-refractivity contribution in [1.29, 1.82) is 0 Å². The molecule has 0 spiro atoms. The van der Waals surface area contributed by atoms with E-state index in [-0.39, 0.29) is 17.9 Å². The van der Waals surface area contributed by atoms with Crippen LogP contribution in [0, 0.1) is 5.92 Å². The highest BCUT2D eigenvalue weighted by molar-refractivity contribution is 6.46. The van der Waals surface area contributed by atoms with Gasteiger partial charge >= 0.3 is 0 Å². The third kappa shape index (κ3) is 4.56. The fourth-order valence-electron chi connectivity index (χ4n) is 4.58. The van der Waals surface area contributed by atoms with Gasteiger partial charge in [-0.3, -0.25) is 14.6 Å². The second-order valence-corrected chi connectivity index (χ2v) is 9.45. The minimum atomic E-state index is -0.792. The van der Waals surface area contributed by atoms with Crippen LogP contribution in [0.25, 0.3) is 5.76 Å². The third-order valence-electron chi connectivity index (χ3n) is 6.32. The summed E-state index contributed by atoms with van der Waals surface area (Å²) in [5.74, 6) is 0.147. The van der Waals surface area contributed by atoms with E-state index >= 15 is 0 Å². The quantitative estimate of drug-likeness (QED) is 0.298. The molecule has 0 bridgehead atoms. The normalized spacial score (nSPS) is 18.4. The van der Waals surface area contributed by atoms with Crippen LogP contribution < -0.4 is 9.47 Å². The first-order chi connectivity index (χ1) is 17.4. The molecule has 1 aromatic heterocycles. The van der Waals surface area contributed by atoms with Crippen molar-refractivity contribution in [3.8, 4) is 11.5 Å². The van der Waals surface area contributed by atoms with E-state index in [0.717, 1.165) is 17.7 Å². The molecule has 3 aromatic rings. The molecule has 0 saturated carbocycles. The number of rotatable bonds is 7. The summed E-state index contributed by atoms with van der Waals surface area (Å²) < 4.78 is 11.5. The number of nitrogens with zero attached hydrogens (tertiary/aromatic N) is 2. The van der Waals surface area contributed by atoms with Crippen LogP contribution in [0.1, 0.15) is 42.3 Å². The lowest BCUT2D eigenvalue weighted by molar-refractivity contribution is -0.140. The van der Waals surface area contributed by atoms with Gasteiger partial charge < -0.3 is 19.5 Å². The Hall–Kier alpha value is -4.13. The van der Waals surface area contributed by atoms with Crippen LogP contribution >= 0.6 is 0 Å². The van der Waals surface area contributed by atoms with Gasteiger partial charge in [-0.25, -0.2) is 0 Å². The van der Waals surface area contributed by atoms with E-state index in [9.17, 15) is 14.7 Å². The van der Waals surface area contributed by atoms with E-state index in [1.807, 2.05) is 36.4 Å². The third-order valence-corrected chi connectivity index (χ3v) is 6.32. The highest BCUT2D eigenvalue weighted by atomic mass is 16.5. The van der Waals surface area contributed by atoms with Crippen LogP contribution in [-0.2, 0) is 22.6 Å². The van der Waals surface area contributed by atoms with Gasteiger partial charge in [-0.05, 0) is 59.5 Å². The zero-order valence-corrected chi connectivity index (χ0v) is 20.3. The number of carbonyl (C=O) groups is 2. The van der Waals surface area contributed by atoms with Crippen molar-refractivity contribution in [1.82, 2.24) is 9.88 Å². The molecule has 184 valence electrons. The molecule has 1 N–H and O–H groups in total. The van der Waals surface area contributed by atoms with E-state index in [1.165, 1.54) is 4.90 Å². The fourth-order valence-corrected chi connectivity index (χ4v) is 4.58. The van der Waals surface area contributed by atoms with Crippen molar-refractivity contribution in [2.24, 2.45) is 5.92 Å². The molecule has 0 radical (unpaired) electrons. The monoisotopic (exact) mass is 484 g/mol. The van der Waals surface area contributed by atoms with Crippen LogP contribution in [0.4, 0.5) is 0 Å². The number of Topliss-reactive ketones (excluding diaryl/α,β-unsaturated/α-hetero) is 1. The molecule has 2 aliphatic heterocycles. The molecule has 36 heavy (non-hydrogen) atoms. The predicted octanol–water partition coefficient (Wildman–Crippen LogP) is 4.67. The lowest BCUT2D eigenvalue weighted by Gasteiger charge is -2.25. The highest BCUT2D eigenvalue weighted by Gasteiger charge is 2.46. The average molecular weight is 485 g/mol. The summed E-state index contributed by atoms with van der Waals surface area (Å²) in [5.41, 5.74) is 2.81. The number of pyridine rings is 1. The Morgan fingerprint density at radius 2 is 2.00 bits per heavy atom. The molecule has 2 aliphatic rings. The molecule has 3 heterocycles. The summed E-state index contributed by atoms with van der Waals surface area (Å²) >= 11 is 0. The Bertz CT molecular complexity index is 1330. The predicted molar refractivity (Wildman–Crippen MR) is 134 cm³/mol. The number of carbonyl (C=O) groups excluding carboxylic acids is 2. The number of ether oxygens (including phenoxy) is 2. The Morgan fingerprint density at radius 3 is 2.78 bits per heavy atom. The van der Waals surface area contributed by atoms with Crippen LogP contribution in [0.2, 0.25) is 0 Å². The Balaban J connectivity index is 1.61. The number of likely N-dealkylation sites (tertiary alicyclic amines) is 1. The lowest BCUT2D eigenvalue weighted by atomic mass is 9.94. The molecule has 7 heteroatoms. The number of aliphatic hydroxyl groups excluding tert-OH is 1. The highest BCUT2D eigenvalue weighted by Crippen LogP contribution is 2.41. The van der Waals surface area contributed by atoms with Crippen LogP contribution in [0.15, 0.2) is 72.4 Å². The maximum absolute atomic E-state index is 13.4. The Labute approximate surface area is 210 Å². The largest absolute Gasteiger partial charge is 0.507 e. The maximum atomic E-state index is 13.4. The van der Waals surface area contributed by atoms with Crippen molar-refractivity contribution >= 4 is 17.4 Å². The van der Waals surface area contributed by atoms with Crippen molar-refractivity contribution in [2.75, 3.05) is 13.2 Å². The van der Waals surface area contributed by atoms with Gasteiger partial charge in [-0.15, -0.1) is 0 Å². The summed E-state index contributed by atoms with van der Waals surface area (Å²) in [6.45, 7) is 5.37. The standard InChI is InChI=1S/C29H28N2O5/c1-18(2)17-36-23-8-5-6-20(15-23)26-25(27(32)21-9-10-24-19(14-21)11-13-35-24)28(33)29(34)31(26)16-22-7-3-4-12-30-22/h3-10,12,14-15,18,26,32H,11,13,16-17H2,1-2H3/b27-25-. The molecule has 1 atom stereocenters. The van der Waals surface area contributed by atoms with Gasteiger partial charge in [0.15, 0.2) is 0 Å². The van der Waals surface area contributed by atoms with Gasteiger partial charge in [0.25, 0.3) is 11.7 Å². The molecular weight excluding hydrogens is 456 g/mol. The van der Waals surface area contributed by atoms with Gasteiger partial charge in [0, 0.05) is 18.2 Å². The number of hydrogen-bond donors (Lipinski definition) is 1. The molecule has 0 aliphatic carbocycles. The minimum Gasteiger partial charge on any atom is -0.507 e. The van der Waals surface area contributed by atoms with Crippen molar-refractivity contribution < 1.29 is 24.2 Å². The summed E-state index contributed by atoms with van der Waals surface area (Å²) in [7, 11) is 0.